The molecule has 1 aromatic carbocycles. The fourth-order valence-electron chi connectivity index (χ4n) is 3.99. The van der Waals surface area contributed by atoms with E-state index in [9.17, 15) is 4.79 Å². The molecule has 3 aliphatic rings. The van der Waals surface area contributed by atoms with Crippen LogP contribution < -0.4 is 0 Å². The van der Waals surface area contributed by atoms with Gasteiger partial charge in [0.1, 0.15) is 6.10 Å². The van der Waals surface area contributed by atoms with Crippen LogP contribution in [0.1, 0.15) is 37.7 Å². The Bertz CT molecular complexity index is 557. The van der Waals surface area contributed by atoms with E-state index < -0.39 is 0 Å². The lowest BCUT2D eigenvalue weighted by Crippen LogP contribution is -2.46. The molecule has 0 radical (unpaired) electrons. The lowest BCUT2D eigenvalue weighted by Gasteiger charge is -2.31. The summed E-state index contributed by atoms with van der Waals surface area (Å²) in [6.07, 6.45) is 6.25. The second-order valence-electron chi connectivity index (χ2n) is 7.37. The highest BCUT2D eigenvalue weighted by atomic mass is 16.5. The lowest BCUT2D eigenvalue weighted by molar-refractivity contribution is -0.136. The molecular weight excluding hydrogens is 302 g/mol. The van der Waals surface area contributed by atoms with Crippen LogP contribution in [0.4, 0.5) is 0 Å². The highest BCUT2D eigenvalue weighted by molar-refractivity contribution is 5.77. The Morgan fingerprint density at radius 1 is 1.17 bits per heavy atom. The largest absolute Gasteiger partial charge is 0.374 e. The van der Waals surface area contributed by atoms with E-state index in [-0.39, 0.29) is 24.2 Å². The van der Waals surface area contributed by atoms with Gasteiger partial charge in [0.25, 0.3) is 0 Å². The molecule has 0 spiro atoms. The van der Waals surface area contributed by atoms with E-state index >= 15 is 0 Å². The molecule has 3 atom stereocenters. The van der Waals surface area contributed by atoms with Crippen LogP contribution in [0.25, 0.3) is 0 Å². The molecule has 1 saturated heterocycles. The van der Waals surface area contributed by atoms with Crippen LogP contribution in [0.2, 0.25) is 0 Å². The Morgan fingerprint density at radius 2 is 2.00 bits per heavy atom. The molecule has 1 heterocycles. The molecule has 24 heavy (non-hydrogen) atoms. The summed E-state index contributed by atoms with van der Waals surface area (Å²) in [7, 11) is 0. The zero-order chi connectivity index (χ0) is 16.4. The SMILES string of the molecule is O=C(CCc1ccccc1)N1CCO[C@H]2CC[C@H]1[C@@H]2OCC1CC1. The monoisotopic (exact) mass is 329 g/mol. The number of carbonyl (C=O) groups excluding carboxylic acids is 1. The van der Waals surface area contributed by atoms with Gasteiger partial charge in [0.05, 0.1) is 18.8 Å². The number of aryl methyl sites for hydroxylation is 1. The number of amides is 1. The molecule has 2 saturated carbocycles. The zero-order valence-electron chi connectivity index (χ0n) is 14.2. The van der Waals surface area contributed by atoms with Crippen LogP contribution in [0, 0.1) is 5.92 Å². The van der Waals surface area contributed by atoms with E-state index in [1.807, 2.05) is 23.1 Å². The topological polar surface area (TPSA) is 38.8 Å². The molecular formula is C20H27NO3. The van der Waals surface area contributed by atoms with Crippen LogP contribution >= 0.6 is 0 Å². The van der Waals surface area contributed by atoms with Gasteiger partial charge in [-0.25, -0.2) is 0 Å². The summed E-state index contributed by atoms with van der Waals surface area (Å²) in [6, 6.07) is 10.5. The van der Waals surface area contributed by atoms with E-state index in [1.54, 1.807) is 0 Å². The Hall–Kier alpha value is -1.39. The third-order valence-corrected chi connectivity index (χ3v) is 5.57. The summed E-state index contributed by atoms with van der Waals surface area (Å²) < 4.78 is 12.2. The molecule has 130 valence electrons. The molecule has 0 aromatic heterocycles. The zero-order valence-corrected chi connectivity index (χ0v) is 14.2. The molecule has 4 heteroatoms. The number of rotatable bonds is 6. The maximum absolute atomic E-state index is 12.8. The maximum Gasteiger partial charge on any atom is 0.223 e. The minimum Gasteiger partial charge on any atom is -0.374 e. The number of nitrogens with zero attached hydrogens (tertiary/aromatic N) is 1. The van der Waals surface area contributed by atoms with Crippen molar-refractivity contribution in [3.8, 4) is 0 Å². The van der Waals surface area contributed by atoms with Crippen molar-refractivity contribution in [3.63, 3.8) is 0 Å². The van der Waals surface area contributed by atoms with Crippen molar-refractivity contribution in [3.05, 3.63) is 35.9 Å². The summed E-state index contributed by atoms with van der Waals surface area (Å²) in [5, 5.41) is 0. The molecule has 2 bridgehead atoms. The summed E-state index contributed by atoms with van der Waals surface area (Å²) in [5.74, 6) is 0.991. The Kier molecular flexibility index (Phi) is 4.86. The smallest absolute Gasteiger partial charge is 0.223 e. The molecule has 4 nitrogen and oxygen atoms in total. The van der Waals surface area contributed by atoms with Gasteiger partial charge in [-0.3, -0.25) is 4.79 Å². The first-order valence-electron chi connectivity index (χ1n) is 9.38. The van der Waals surface area contributed by atoms with Crippen molar-refractivity contribution in [2.24, 2.45) is 5.92 Å². The van der Waals surface area contributed by atoms with Gasteiger partial charge in [0.2, 0.25) is 5.91 Å². The Balaban J connectivity index is 1.38. The normalized spacial score (nSPS) is 29.5. The van der Waals surface area contributed by atoms with E-state index in [4.69, 9.17) is 9.47 Å². The molecule has 0 N–H and O–H groups in total. The van der Waals surface area contributed by atoms with Gasteiger partial charge < -0.3 is 14.4 Å². The third kappa shape index (κ3) is 3.65. The maximum atomic E-state index is 12.8. The van der Waals surface area contributed by atoms with Crippen molar-refractivity contribution >= 4 is 5.91 Å². The molecule has 1 aliphatic heterocycles. The van der Waals surface area contributed by atoms with Crippen molar-refractivity contribution < 1.29 is 14.3 Å². The van der Waals surface area contributed by atoms with E-state index in [0.29, 0.717) is 19.6 Å². The number of ether oxygens (including phenoxy) is 2. The van der Waals surface area contributed by atoms with Gasteiger partial charge in [-0.2, -0.15) is 0 Å². The van der Waals surface area contributed by atoms with Gasteiger partial charge in [0.15, 0.2) is 0 Å². The molecule has 1 amide bonds. The standard InChI is InChI=1S/C20H27NO3/c22-19(11-8-15-4-2-1-3-5-15)21-12-13-23-18-10-9-17(21)20(18)24-14-16-6-7-16/h1-5,16-18,20H,6-14H2/t17-,18-,20-/m0/s1. The number of fused-ring (bicyclic) bond motifs is 2. The van der Waals surface area contributed by atoms with Crippen LogP contribution in [0.5, 0.6) is 0 Å². The summed E-state index contributed by atoms with van der Waals surface area (Å²) in [4.78, 5) is 14.9. The first-order chi connectivity index (χ1) is 11.8. The lowest BCUT2D eigenvalue weighted by atomic mass is 10.1. The van der Waals surface area contributed by atoms with Crippen LogP contribution in [0.15, 0.2) is 30.3 Å². The van der Waals surface area contributed by atoms with Gasteiger partial charge >= 0.3 is 0 Å². The number of hydrogen-bond acceptors (Lipinski definition) is 3. The first kappa shape index (κ1) is 16.1. The number of benzene rings is 1. The van der Waals surface area contributed by atoms with Crippen molar-refractivity contribution in [2.75, 3.05) is 19.8 Å². The summed E-state index contributed by atoms with van der Waals surface area (Å²) in [5.41, 5.74) is 1.22. The highest BCUT2D eigenvalue weighted by Crippen LogP contribution is 2.35. The van der Waals surface area contributed by atoms with Crippen molar-refractivity contribution in [1.29, 1.82) is 0 Å². The number of carbonyl (C=O) groups is 1. The molecule has 2 aliphatic carbocycles. The van der Waals surface area contributed by atoms with Crippen LogP contribution in [0.3, 0.4) is 0 Å². The quantitative estimate of drug-likeness (QED) is 0.805. The first-order valence-corrected chi connectivity index (χ1v) is 9.38. The van der Waals surface area contributed by atoms with Crippen LogP contribution in [-0.2, 0) is 20.7 Å². The van der Waals surface area contributed by atoms with Gasteiger partial charge in [-0.15, -0.1) is 0 Å². The van der Waals surface area contributed by atoms with Gasteiger partial charge in [-0.05, 0) is 43.6 Å². The van der Waals surface area contributed by atoms with Gasteiger partial charge in [-0.1, -0.05) is 30.3 Å². The second-order valence-corrected chi connectivity index (χ2v) is 7.37. The Morgan fingerprint density at radius 3 is 2.79 bits per heavy atom. The van der Waals surface area contributed by atoms with E-state index in [1.165, 1.54) is 18.4 Å². The number of hydrogen-bond donors (Lipinski definition) is 0. The predicted molar refractivity (Wildman–Crippen MR) is 91.7 cm³/mol. The van der Waals surface area contributed by atoms with E-state index in [0.717, 1.165) is 31.8 Å². The fraction of sp³-hybridized carbons (Fsp3) is 0.650. The molecule has 3 fully saturated rings. The van der Waals surface area contributed by atoms with Crippen molar-refractivity contribution in [2.45, 2.75) is 56.8 Å². The molecule has 4 rings (SSSR count). The average Bonchev–Trinajstić information content (AvgIpc) is 3.36. The highest BCUT2D eigenvalue weighted by Gasteiger charge is 2.45. The predicted octanol–water partition coefficient (Wildman–Crippen LogP) is 2.80. The van der Waals surface area contributed by atoms with E-state index in [2.05, 4.69) is 12.1 Å². The van der Waals surface area contributed by atoms with Gasteiger partial charge in [0, 0.05) is 19.6 Å². The molecule has 0 unspecified atom stereocenters. The minimum atomic E-state index is 0.0776. The molecule has 1 aromatic rings. The average molecular weight is 329 g/mol. The Labute approximate surface area is 144 Å². The second kappa shape index (κ2) is 7.24. The van der Waals surface area contributed by atoms with Crippen LogP contribution in [-0.4, -0.2) is 48.8 Å². The van der Waals surface area contributed by atoms with Crippen molar-refractivity contribution in [1.82, 2.24) is 4.90 Å². The minimum absolute atomic E-state index is 0.0776. The fourth-order valence-corrected chi connectivity index (χ4v) is 3.99. The summed E-state index contributed by atoms with van der Waals surface area (Å²) >= 11 is 0. The third-order valence-electron chi connectivity index (χ3n) is 5.57. The summed E-state index contributed by atoms with van der Waals surface area (Å²) in [6.45, 7) is 2.19.